The first-order chi connectivity index (χ1) is 18.9. The quantitative estimate of drug-likeness (QED) is 0.297. The number of aryl methyl sites for hydroxylation is 1. The summed E-state index contributed by atoms with van der Waals surface area (Å²) < 4.78 is 5.41. The highest BCUT2D eigenvalue weighted by molar-refractivity contribution is 5.85. The number of Topliss-reactive ketones (excluding diaryl/α,β-unsaturated/α-hetero) is 2. The number of phenols is 1. The van der Waals surface area contributed by atoms with Crippen molar-refractivity contribution in [3.05, 3.63) is 22.8 Å². The number of carbonyl (C=O) groups is 2. The predicted octanol–water partition coefficient (Wildman–Crippen LogP) is 3.44. The number of hydrogen-bond donors (Lipinski definition) is 4. The topological polar surface area (TPSA) is 116 Å². The van der Waals surface area contributed by atoms with Gasteiger partial charge in [0.1, 0.15) is 11.7 Å². The molecule has 2 fully saturated rings. The lowest BCUT2D eigenvalue weighted by Crippen LogP contribution is -2.48. The third-order valence-corrected chi connectivity index (χ3v) is 9.74. The molecule has 1 heterocycles. The first-order valence-corrected chi connectivity index (χ1v) is 14.9. The molecule has 39 heavy (non-hydrogen) atoms. The number of ether oxygens (including phenoxy) is 1. The van der Waals surface area contributed by atoms with Crippen LogP contribution in [0, 0.1) is 35.5 Å². The summed E-state index contributed by atoms with van der Waals surface area (Å²) >= 11 is 0. The number of piperidine rings is 1. The number of benzene rings is 1. The molecule has 0 unspecified atom stereocenters. The number of unbranched alkanes of at least 4 members (excludes halogenated alkanes) is 1. The second-order valence-corrected chi connectivity index (χ2v) is 12.2. The summed E-state index contributed by atoms with van der Waals surface area (Å²) in [6, 6.07) is 2.17. The van der Waals surface area contributed by atoms with Crippen LogP contribution in [-0.4, -0.2) is 59.3 Å². The smallest absolute Gasteiger partial charge is 0.161 e. The molecule has 1 aromatic carbocycles. The third-order valence-electron chi connectivity index (χ3n) is 9.74. The van der Waals surface area contributed by atoms with Gasteiger partial charge in [0.05, 0.1) is 19.1 Å². The van der Waals surface area contributed by atoms with Gasteiger partial charge >= 0.3 is 0 Å². The minimum atomic E-state index is -0.817. The maximum absolute atomic E-state index is 13.3. The molecular weight excluding hydrogens is 494 g/mol. The van der Waals surface area contributed by atoms with E-state index in [0.29, 0.717) is 61.5 Å². The molecule has 1 aromatic rings. The van der Waals surface area contributed by atoms with Crippen molar-refractivity contribution in [2.75, 3.05) is 20.3 Å². The van der Waals surface area contributed by atoms with E-state index in [0.717, 1.165) is 55.3 Å². The number of aliphatic hydroxyl groups excluding tert-OH is 2. The number of aliphatic hydroxyl groups is 2. The van der Waals surface area contributed by atoms with Gasteiger partial charge in [0.15, 0.2) is 17.3 Å². The lowest BCUT2D eigenvalue weighted by molar-refractivity contribution is -0.124. The normalized spacial score (nSPS) is 31.1. The van der Waals surface area contributed by atoms with Crippen molar-refractivity contribution in [3.63, 3.8) is 0 Å². The molecule has 7 nitrogen and oxygen atoms in total. The molecule has 4 N–H and O–H groups in total. The van der Waals surface area contributed by atoms with Crippen LogP contribution in [0.15, 0.2) is 6.07 Å². The second-order valence-electron chi connectivity index (χ2n) is 12.2. The monoisotopic (exact) mass is 537 g/mol. The SMILES string of the molecule is COc1cc2c3c(c1O)CC[C@H](CO)[C@H]3C#C[C@H]([C@H](O)CCCC[C@H]1CN[C@@H]3CC(=O)CC[C@H]3C1)C(=O)CC2. The lowest BCUT2D eigenvalue weighted by atomic mass is 9.73. The summed E-state index contributed by atoms with van der Waals surface area (Å²) in [6.45, 7) is 0.944. The van der Waals surface area contributed by atoms with Gasteiger partial charge in [-0.25, -0.2) is 0 Å². The van der Waals surface area contributed by atoms with E-state index in [2.05, 4.69) is 17.2 Å². The molecular formula is C32H43NO6. The minimum absolute atomic E-state index is 0.0138. The van der Waals surface area contributed by atoms with Gasteiger partial charge in [-0.1, -0.05) is 24.7 Å². The molecule has 212 valence electrons. The fourth-order valence-corrected chi connectivity index (χ4v) is 7.47. The number of phenolic OH excluding ortho intramolecular Hbond substituents is 1. The van der Waals surface area contributed by atoms with Crippen LogP contribution in [-0.2, 0) is 22.4 Å². The summed E-state index contributed by atoms with van der Waals surface area (Å²) in [4.78, 5) is 25.0. The van der Waals surface area contributed by atoms with E-state index in [-0.39, 0.29) is 36.4 Å². The number of carbonyl (C=O) groups excluding carboxylic acids is 2. The predicted molar refractivity (Wildman–Crippen MR) is 148 cm³/mol. The van der Waals surface area contributed by atoms with Crippen LogP contribution in [0.1, 0.15) is 86.8 Å². The van der Waals surface area contributed by atoms with Gasteiger partial charge in [-0.3, -0.25) is 9.59 Å². The molecule has 0 radical (unpaired) electrons. The van der Waals surface area contributed by atoms with Crippen molar-refractivity contribution in [1.29, 1.82) is 0 Å². The Morgan fingerprint density at radius 3 is 2.77 bits per heavy atom. The van der Waals surface area contributed by atoms with Crippen LogP contribution in [0.2, 0.25) is 0 Å². The van der Waals surface area contributed by atoms with Crippen molar-refractivity contribution in [1.82, 2.24) is 5.32 Å². The molecule has 1 aliphatic heterocycles. The van der Waals surface area contributed by atoms with Crippen LogP contribution in [0.25, 0.3) is 0 Å². The largest absolute Gasteiger partial charge is 0.504 e. The van der Waals surface area contributed by atoms with Crippen LogP contribution < -0.4 is 10.1 Å². The Labute approximate surface area is 231 Å². The summed E-state index contributed by atoms with van der Waals surface area (Å²) in [5.74, 6) is 7.39. The van der Waals surface area contributed by atoms with E-state index in [1.165, 1.54) is 13.5 Å². The van der Waals surface area contributed by atoms with Gasteiger partial charge in [-0.15, -0.1) is 0 Å². The molecule has 1 saturated carbocycles. The Kier molecular flexibility index (Phi) is 8.96. The van der Waals surface area contributed by atoms with E-state index in [1.54, 1.807) is 6.07 Å². The molecule has 0 aromatic heterocycles. The highest BCUT2D eigenvalue weighted by Gasteiger charge is 2.36. The lowest BCUT2D eigenvalue weighted by Gasteiger charge is -2.39. The molecule has 4 aliphatic rings. The van der Waals surface area contributed by atoms with E-state index in [1.807, 2.05) is 0 Å². The van der Waals surface area contributed by atoms with Crippen LogP contribution in [0.4, 0.5) is 0 Å². The number of aromatic hydroxyl groups is 1. The zero-order chi connectivity index (χ0) is 27.5. The van der Waals surface area contributed by atoms with Gasteiger partial charge in [0, 0.05) is 43.4 Å². The maximum Gasteiger partial charge on any atom is 0.161 e. The molecule has 0 spiro atoms. The first-order valence-electron chi connectivity index (χ1n) is 14.9. The van der Waals surface area contributed by atoms with Gasteiger partial charge in [-0.2, -0.15) is 0 Å². The van der Waals surface area contributed by atoms with Gasteiger partial charge in [0.25, 0.3) is 0 Å². The summed E-state index contributed by atoms with van der Waals surface area (Å²) in [6.07, 6.45) is 8.31. The van der Waals surface area contributed by atoms with E-state index < -0.39 is 12.0 Å². The number of ketones is 2. The Balaban J connectivity index is 1.22. The summed E-state index contributed by atoms with van der Waals surface area (Å²) in [5, 5.41) is 35.6. The Morgan fingerprint density at radius 1 is 1.13 bits per heavy atom. The van der Waals surface area contributed by atoms with E-state index >= 15 is 0 Å². The minimum Gasteiger partial charge on any atom is -0.504 e. The van der Waals surface area contributed by atoms with Crippen LogP contribution in [0.3, 0.4) is 0 Å². The first kappa shape index (κ1) is 28.1. The standard InChI is InChI=1S/C32H43NO6/c1-39-30-15-21-8-13-29(37)25(12-11-24-22(18-34)7-10-26(31(21)24)32(30)38)28(36)5-3-2-4-19-14-20-6-9-23(35)16-27(20)33-17-19/h15,19-20,22,24-25,27-28,33-34,36,38H,2-10,13-14,16-18H2,1H3/t19-,20+,22-,24-,25-,27-,28-/m1/s1. The van der Waals surface area contributed by atoms with Crippen LogP contribution in [0.5, 0.6) is 11.5 Å². The Hall–Kier alpha value is -2.40. The highest BCUT2D eigenvalue weighted by atomic mass is 16.5. The fraction of sp³-hybridized carbons (Fsp3) is 0.688. The molecule has 7 atom stereocenters. The van der Waals surface area contributed by atoms with Crippen molar-refractivity contribution in [3.8, 4) is 23.3 Å². The maximum atomic E-state index is 13.3. The molecule has 3 aliphatic carbocycles. The summed E-state index contributed by atoms with van der Waals surface area (Å²) in [5.41, 5.74) is 2.68. The van der Waals surface area contributed by atoms with Crippen molar-refractivity contribution >= 4 is 11.6 Å². The third kappa shape index (κ3) is 6.04. The van der Waals surface area contributed by atoms with Crippen molar-refractivity contribution in [2.45, 2.75) is 95.1 Å². The highest BCUT2D eigenvalue weighted by Crippen LogP contribution is 2.46. The summed E-state index contributed by atoms with van der Waals surface area (Å²) in [7, 11) is 1.52. The van der Waals surface area contributed by atoms with Gasteiger partial charge < -0.3 is 25.4 Å². The molecule has 0 amide bonds. The van der Waals surface area contributed by atoms with Crippen LogP contribution >= 0.6 is 0 Å². The average molecular weight is 538 g/mol. The zero-order valence-corrected chi connectivity index (χ0v) is 23.1. The number of nitrogens with one attached hydrogen (secondary N) is 1. The van der Waals surface area contributed by atoms with E-state index in [4.69, 9.17) is 4.74 Å². The van der Waals surface area contributed by atoms with Crippen molar-refractivity contribution < 1.29 is 29.6 Å². The Morgan fingerprint density at radius 2 is 1.97 bits per heavy atom. The zero-order valence-electron chi connectivity index (χ0n) is 23.1. The number of fused-ring (bicyclic) bond motifs is 1. The fourth-order valence-electron chi connectivity index (χ4n) is 7.47. The molecule has 5 rings (SSSR count). The number of rotatable bonds is 8. The van der Waals surface area contributed by atoms with E-state index in [9.17, 15) is 24.9 Å². The second kappa shape index (κ2) is 12.4. The number of methoxy groups -OCH3 is 1. The Bertz CT molecular complexity index is 1140. The van der Waals surface area contributed by atoms with Crippen molar-refractivity contribution in [2.24, 2.45) is 23.7 Å². The molecule has 7 heteroatoms. The van der Waals surface area contributed by atoms with Gasteiger partial charge in [0.2, 0.25) is 0 Å². The molecule has 0 bridgehead atoms. The number of hydrogen-bond acceptors (Lipinski definition) is 7. The molecule has 1 saturated heterocycles. The van der Waals surface area contributed by atoms with Gasteiger partial charge in [-0.05, 0) is 80.5 Å². The average Bonchev–Trinajstić information content (AvgIpc) is 3.01.